The number of pyridine rings is 1. The molecule has 0 amide bonds. The summed E-state index contributed by atoms with van der Waals surface area (Å²) in [5, 5.41) is 4.21. The van der Waals surface area contributed by atoms with Crippen LogP contribution in [0.3, 0.4) is 0 Å². The molecule has 9 heteroatoms. The molecule has 0 bridgehead atoms. The van der Waals surface area contributed by atoms with Gasteiger partial charge in [0.05, 0.1) is 5.92 Å². The van der Waals surface area contributed by atoms with Crippen LogP contribution in [0.2, 0.25) is 5.02 Å². The largest absolute Gasteiger partial charge is 0.322 e. The Morgan fingerprint density at radius 1 is 1.32 bits per heavy atom. The average Bonchev–Trinajstić information content (AvgIpc) is 3.45. The van der Waals surface area contributed by atoms with Crippen molar-refractivity contribution in [1.29, 1.82) is 0 Å². The smallest absolute Gasteiger partial charge is 0.298 e. The van der Waals surface area contributed by atoms with E-state index in [1.54, 1.807) is 6.07 Å². The van der Waals surface area contributed by atoms with Crippen LogP contribution in [0.1, 0.15) is 35.6 Å². The van der Waals surface area contributed by atoms with Crippen molar-refractivity contribution in [2.24, 2.45) is 22.7 Å². The number of hydrogen-bond acceptors (Lipinski definition) is 4. The fourth-order valence-electron chi connectivity index (χ4n) is 3.11. The van der Waals surface area contributed by atoms with Gasteiger partial charge in [0.2, 0.25) is 0 Å². The third kappa shape index (κ3) is 4.74. The summed E-state index contributed by atoms with van der Waals surface area (Å²) in [4.78, 5) is 3.96. The molecule has 1 aliphatic carbocycles. The van der Waals surface area contributed by atoms with E-state index in [2.05, 4.69) is 10.1 Å². The normalized spacial score (nSPS) is 15.8. The SMILES string of the molecule is N/N=C\N(N)CC(c1ccc(Cl)cc1F)C(F)(F)c1ccc(CC2CC2)cn1. The van der Waals surface area contributed by atoms with Gasteiger partial charge in [-0.05, 0) is 54.5 Å². The topological polar surface area (TPSA) is 80.5 Å². The Hall–Kier alpha value is -2.32. The quantitative estimate of drug-likeness (QED) is 0.300. The fraction of sp³-hybridized carbons (Fsp3) is 0.368. The molecule has 1 aromatic carbocycles. The van der Waals surface area contributed by atoms with Gasteiger partial charge in [0.25, 0.3) is 5.92 Å². The van der Waals surface area contributed by atoms with Crippen LogP contribution >= 0.6 is 11.6 Å². The molecular weight excluding hydrogens is 391 g/mol. The molecule has 0 spiro atoms. The Kier molecular flexibility index (Phi) is 6.10. The first-order chi connectivity index (χ1) is 13.3. The molecule has 1 saturated carbocycles. The van der Waals surface area contributed by atoms with Gasteiger partial charge in [-0.3, -0.25) is 9.99 Å². The minimum Gasteiger partial charge on any atom is -0.322 e. The van der Waals surface area contributed by atoms with E-state index in [1.807, 2.05) is 0 Å². The van der Waals surface area contributed by atoms with E-state index in [4.69, 9.17) is 23.3 Å². The highest BCUT2D eigenvalue weighted by Crippen LogP contribution is 2.43. The Balaban J connectivity index is 1.94. The van der Waals surface area contributed by atoms with Crippen LogP contribution in [0, 0.1) is 11.7 Å². The Morgan fingerprint density at radius 3 is 2.64 bits per heavy atom. The molecule has 1 unspecified atom stereocenters. The van der Waals surface area contributed by atoms with Crippen molar-refractivity contribution in [3.63, 3.8) is 0 Å². The summed E-state index contributed by atoms with van der Waals surface area (Å²) in [6.45, 7) is -0.433. The van der Waals surface area contributed by atoms with Gasteiger partial charge in [-0.1, -0.05) is 23.7 Å². The molecule has 1 aliphatic rings. The van der Waals surface area contributed by atoms with Crippen LogP contribution in [0.25, 0.3) is 0 Å². The Labute approximate surface area is 166 Å². The van der Waals surface area contributed by atoms with Crippen molar-refractivity contribution in [2.45, 2.75) is 31.1 Å². The highest BCUT2D eigenvalue weighted by molar-refractivity contribution is 6.30. The van der Waals surface area contributed by atoms with Gasteiger partial charge in [-0.15, -0.1) is 0 Å². The first kappa shape index (κ1) is 20.4. The van der Waals surface area contributed by atoms with E-state index < -0.39 is 29.9 Å². The number of rotatable bonds is 8. The number of hydrazine groups is 1. The highest BCUT2D eigenvalue weighted by atomic mass is 35.5. The van der Waals surface area contributed by atoms with Gasteiger partial charge >= 0.3 is 0 Å². The third-order valence-corrected chi connectivity index (χ3v) is 5.01. The average molecular weight is 412 g/mol. The van der Waals surface area contributed by atoms with Gasteiger partial charge in [-0.25, -0.2) is 10.2 Å². The highest BCUT2D eigenvalue weighted by Gasteiger charge is 2.45. The number of nitrogens with zero attached hydrogens (tertiary/aromatic N) is 3. The number of hydrazone groups is 1. The fourth-order valence-corrected chi connectivity index (χ4v) is 3.27. The number of benzene rings is 1. The number of alkyl halides is 2. The molecule has 2 aromatic rings. The molecular formula is C19H21ClF3N5. The molecule has 28 heavy (non-hydrogen) atoms. The maximum Gasteiger partial charge on any atom is 0.298 e. The minimum atomic E-state index is -3.49. The molecule has 3 rings (SSSR count). The number of nitrogens with two attached hydrogens (primary N) is 2. The Bertz CT molecular complexity index is 840. The van der Waals surface area contributed by atoms with Gasteiger partial charge in [-0.2, -0.15) is 13.9 Å². The van der Waals surface area contributed by atoms with Crippen molar-refractivity contribution >= 4 is 17.9 Å². The zero-order chi connectivity index (χ0) is 20.3. The molecule has 1 heterocycles. The maximum atomic E-state index is 15.4. The van der Waals surface area contributed by atoms with Gasteiger partial charge in [0.15, 0.2) is 0 Å². The zero-order valence-corrected chi connectivity index (χ0v) is 15.8. The molecule has 5 nitrogen and oxygen atoms in total. The molecule has 1 fully saturated rings. The summed E-state index contributed by atoms with van der Waals surface area (Å²) in [7, 11) is 0. The molecule has 0 aliphatic heterocycles. The van der Waals surface area contributed by atoms with Crippen LogP contribution < -0.4 is 11.7 Å². The predicted molar refractivity (Wildman–Crippen MR) is 102 cm³/mol. The molecule has 1 atom stereocenters. The number of hydrogen-bond donors (Lipinski definition) is 2. The van der Waals surface area contributed by atoms with Crippen LogP contribution in [-0.4, -0.2) is 22.9 Å². The summed E-state index contributed by atoms with van der Waals surface area (Å²) in [5.74, 6) is 5.34. The second-order valence-corrected chi connectivity index (χ2v) is 7.44. The van der Waals surface area contributed by atoms with E-state index in [0.717, 1.165) is 42.2 Å². The van der Waals surface area contributed by atoms with Gasteiger partial charge < -0.3 is 5.84 Å². The van der Waals surface area contributed by atoms with Gasteiger partial charge in [0, 0.05) is 17.8 Å². The predicted octanol–water partition coefficient (Wildman–Crippen LogP) is 3.78. The van der Waals surface area contributed by atoms with E-state index >= 15 is 8.78 Å². The van der Waals surface area contributed by atoms with E-state index in [9.17, 15) is 4.39 Å². The van der Waals surface area contributed by atoms with E-state index in [0.29, 0.717) is 5.92 Å². The first-order valence-electron chi connectivity index (χ1n) is 8.84. The van der Waals surface area contributed by atoms with Crippen molar-refractivity contribution in [2.75, 3.05) is 6.54 Å². The van der Waals surface area contributed by atoms with E-state index in [-0.39, 0.29) is 10.6 Å². The third-order valence-electron chi connectivity index (χ3n) is 4.77. The molecule has 150 valence electrons. The summed E-state index contributed by atoms with van der Waals surface area (Å²) in [6, 6.07) is 6.50. The van der Waals surface area contributed by atoms with Crippen molar-refractivity contribution < 1.29 is 13.2 Å². The molecule has 0 radical (unpaired) electrons. The lowest BCUT2D eigenvalue weighted by molar-refractivity contribution is -0.0443. The first-order valence-corrected chi connectivity index (χ1v) is 9.22. The Morgan fingerprint density at radius 2 is 2.07 bits per heavy atom. The zero-order valence-electron chi connectivity index (χ0n) is 15.0. The number of aromatic nitrogens is 1. The second kappa shape index (κ2) is 8.36. The molecule has 1 aromatic heterocycles. The van der Waals surface area contributed by atoms with Gasteiger partial charge in [0.1, 0.15) is 17.8 Å². The summed E-state index contributed by atoms with van der Waals surface area (Å²) >= 11 is 5.76. The molecule has 4 N–H and O–H groups in total. The standard InChI is InChI=1S/C19H21ClF3N5/c20-14-4-5-15(17(21)8-14)16(10-28(25)11-27-24)19(22,23)18-6-3-13(9-26-18)7-12-1-2-12/h3-6,8-9,11-12,16H,1-2,7,10,24-25H2/b27-11-. The lowest BCUT2D eigenvalue weighted by Crippen LogP contribution is -2.40. The van der Waals surface area contributed by atoms with Crippen molar-refractivity contribution in [3.05, 3.63) is 64.2 Å². The monoisotopic (exact) mass is 411 g/mol. The second-order valence-electron chi connectivity index (χ2n) is 7.00. The summed E-state index contributed by atoms with van der Waals surface area (Å²) in [6.07, 6.45) is 5.59. The molecule has 0 saturated heterocycles. The minimum absolute atomic E-state index is 0.110. The maximum absolute atomic E-state index is 15.4. The van der Waals surface area contributed by atoms with Crippen LogP contribution in [0.4, 0.5) is 13.2 Å². The van der Waals surface area contributed by atoms with Crippen molar-refractivity contribution in [3.8, 4) is 0 Å². The van der Waals surface area contributed by atoms with Crippen molar-refractivity contribution in [1.82, 2.24) is 9.99 Å². The lowest BCUT2D eigenvalue weighted by Gasteiger charge is -2.30. The van der Waals surface area contributed by atoms with E-state index in [1.165, 1.54) is 24.4 Å². The lowest BCUT2D eigenvalue weighted by atomic mass is 9.89. The van der Waals surface area contributed by atoms with Crippen LogP contribution in [0.5, 0.6) is 0 Å². The summed E-state index contributed by atoms with van der Waals surface area (Å²) in [5.41, 5.74) is 0.232. The summed E-state index contributed by atoms with van der Waals surface area (Å²) < 4.78 is 45.2. The van der Waals surface area contributed by atoms with Crippen LogP contribution in [-0.2, 0) is 12.3 Å². The van der Waals surface area contributed by atoms with Crippen LogP contribution in [0.15, 0.2) is 41.6 Å². The number of halogens is 4.